The van der Waals surface area contributed by atoms with Gasteiger partial charge in [0.15, 0.2) is 0 Å². The predicted molar refractivity (Wildman–Crippen MR) is 60.8 cm³/mol. The highest BCUT2D eigenvalue weighted by molar-refractivity contribution is 5.00. The zero-order valence-corrected chi connectivity index (χ0v) is 9.77. The summed E-state index contributed by atoms with van der Waals surface area (Å²) < 4.78 is 0. The molecule has 1 aromatic rings. The van der Waals surface area contributed by atoms with Crippen LogP contribution in [0.5, 0.6) is 0 Å². The molecule has 0 fully saturated rings. The van der Waals surface area contributed by atoms with Gasteiger partial charge in [0.2, 0.25) is 0 Å². The Morgan fingerprint density at radius 1 is 1.25 bits per heavy atom. The van der Waals surface area contributed by atoms with Crippen LogP contribution in [0.2, 0.25) is 0 Å². The van der Waals surface area contributed by atoms with E-state index in [-0.39, 0.29) is 13.2 Å². The SMILES string of the molecule is Cc1cnc(CNCC(C)(CO)CO)cn1. The van der Waals surface area contributed by atoms with E-state index in [0.29, 0.717) is 13.1 Å². The van der Waals surface area contributed by atoms with Crippen LogP contribution in [0.15, 0.2) is 12.4 Å². The lowest BCUT2D eigenvalue weighted by molar-refractivity contribution is 0.0694. The fourth-order valence-electron chi connectivity index (χ4n) is 1.16. The van der Waals surface area contributed by atoms with E-state index in [1.54, 1.807) is 12.4 Å². The molecule has 16 heavy (non-hydrogen) atoms. The highest BCUT2D eigenvalue weighted by Gasteiger charge is 2.21. The van der Waals surface area contributed by atoms with Crippen molar-refractivity contribution in [1.82, 2.24) is 15.3 Å². The van der Waals surface area contributed by atoms with Crippen molar-refractivity contribution in [2.24, 2.45) is 5.41 Å². The Balaban J connectivity index is 2.38. The molecule has 0 spiro atoms. The second kappa shape index (κ2) is 5.89. The van der Waals surface area contributed by atoms with Gasteiger partial charge in [-0.25, -0.2) is 0 Å². The molecule has 3 N–H and O–H groups in total. The molecular formula is C11H19N3O2. The Hall–Kier alpha value is -1.04. The third-order valence-electron chi connectivity index (χ3n) is 2.46. The maximum atomic E-state index is 9.09. The molecule has 0 radical (unpaired) electrons. The second-order valence-electron chi connectivity index (χ2n) is 4.38. The standard InChI is InChI=1S/C11H19N3O2/c1-9-3-14-10(5-13-9)4-12-6-11(2,7-15)8-16/h3,5,12,15-16H,4,6-8H2,1-2H3. The number of hydrogen-bond acceptors (Lipinski definition) is 5. The molecule has 0 bridgehead atoms. The van der Waals surface area contributed by atoms with E-state index in [2.05, 4.69) is 15.3 Å². The van der Waals surface area contributed by atoms with E-state index in [4.69, 9.17) is 10.2 Å². The largest absolute Gasteiger partial charge is 0.396 e. The van der Waals surface area contributed by atoms with Gasteiger partial charge in [0.25, 0.3) is 0 Å². The highest BCUT2D eigenvalue weighted by atomic mass is 16.3. The van der Waals surface area contributed by atoms with Gasteiger partial charge in [0, 0.05) is 30.9 Å². The average Bonchev–Trinajstić information content (AvgIpc) is 2.31. The van der Waals surface area contributed by atoms with E-state index < -0.39 is 5.41 Å². The van der Waals surface area contributed by atoms with Gasteiger partial charge >= 0.3 is 0 Å². The van der Waals surface area contributed by atoms with E-state index in [0.717, 1.165) is 11.4 Å². The van der Waals surface area contributed by atoms with Crippen LogP contribution in [0.3, 0.4) is 0 Å². The summed E-state index contributed by atoms with van der Waals surface area (Å²) in [4.78, 5) is 8.33. The highest BCUT2D eigenvalue weighted by Crippen LogP contribution is 2.12. The Morgan fingerprint density at radius 2 is 1.94 bits per heavy atom. The van der Waals surface area contributed by atoms with Crippen molar-refractivity contribution in [3.8, 4) is 0 Å². The van der Waals surface area contributed by atoms with Crippen molar-refractivity contribution in [3.05, 3.63) is 23.8 Å². The van der Waals surface area contributed by atoms with Gasteiger partial charge in [-0.1, -0.05) is 6.92 Å². The lowest BCUT2D eigenvalue weighted by Crippen LogP contribution is -2.37. The molecule has 0 unspecified atom stereocenters. The molecule has 1 heterocycles. The average molecular weight is 225 g/mol. The molecule has 0 atom stereocenters. The van der Waals surface area contributed by atoms with E-state index in [1.807, 2.05) is 13.8 Å². The molecule has 90 valence electrons. The monoisotopic (exact) mass is 225 g/mol. The summed E-state index contributed by atoms with van der Waals surface area (Å²) in [6, 6.07) is 0. The van der Waals surface area contributed by atoms with Crippen molar-refractivity contribution in [1.29, 1.82) is 0 Å². The van der Waals surface area contributed by atoms with Crippen LogP contribution in [-0.4, -0.2) is 39.9 Å². The lowest BCUT2D eigenvalue weighted by atomic mass is 9.93. The lowest BCUT2D eigenvalue weighted by Gasteiger charge is -2.24. The molecule has 5 nitrogen and oxygen atoms in total. The maximum Gasteiger partial charge on any atom is 0.0724 e. The third kappa shape index (κ3) is 3.84. The zero-order chi connectivity index (χ0) is 12.0. The molecular weight excluding hydrogens is 206 g/mol. The summed E-state index contributed by atoms with van der Waals surface area (Å²) >= 11 is 0. The Morgan fingerprint density at radius 3 is 2.44 bits per heavy atom. The Kier molecular flexibility index (Phi) is 4.79. The smallest absolute Gasteiger partial charge is 0.0724 e. The first-order valence-electron chi connectivity index (χ1n) is 5.29. The number of aryl methyl sites for hydroxylation is 1. The van der Waals surface area contributed by atoms with Crippen molar-refractivity contribution < 1.29 is 10.2 Å². The minimum absolute atomic E-state index is 0.0456. The van der Waals surface area contributed by atoms with E-state index in [9.17, 15) is 0 Å². The molecule has 0 aliphatic carbocycles. The van der Waals surface area contributed by atoms with Gasteiger partial charge in [-0.3, -0.25) is 9.97 Å². The normalized spacial score (nSPS) is 11.8. The summed E-state index contributed by atoms with van der Waals surface area (Å²) in [5.74, 6) is 0. The quantitative estimate of drug-likeness (QED) is 0.628. The second-order valence-corrected chi connectivity index (χ2v) is 4.38. The molecule has 0 amide bonds. The van der Waals surface area contributed by atoms with Crippen LogP contribution < -0.4 is 5.32 Å². The number of hydrogen-bond donors (Lipinski definition) is 3. The topological polar surface area (TPSA) is 78.3 Å². The molecule has 0 saturated carbocycles. The van der Waals surface area contributed by atoms with Crippen molar-refractivity contribution in [2.75, 3.05) is 19.8 Å². The number of aliphatic hydroxyl groups excluding tert-OH is 2. The van der Waals surface area contributed by atoms with Gasteiger partial charge in [-0.05, 0) is 6.92 Å². The summed E-state index contributed by atoms with van der Waals surface area (Å²) in [5.41, 5.74) is 1.25. The minimum atomic E-state index is -0.488. The fraction of sp³-hybridized carbons (Fsp3) is 0.636. The van der Waals surface area contributed by atoms with Crippen LogP contribution >= 0.6 is 0 Å². The summed E-state index contributed by atoms with van der Waals surface area (Å²) in [6.45, 7) is 4.74. The van der Waals surface area contributed by atoms with Gasteiger partial charge < -0.3 is 15.5 Å². The molecule has 0 aromatic carbocycles. The predicted octanol–water partition coefficient (Wildman–Crippen LogP) is -0.134. The van der Waals surface area contributed by atoms with E-state index in [1.165, 1.54) is 0 Å². The summed E-state index contributed by atoms with van der Waals surface area (Å²) in [7, 11) is 0. The van der Waals surface area contributed by atoms with Gasteiger partial charge in [0.05, 0.1) is 24.6 Å². The summed E-state index contributed by atoms with van der Waals surface area (Å²) in [5, 5.41) is 21.3. The molecule has 0 aliphatic heterocycles. The summed E-state index contributed by atoms with van der Waals surface area (Å²) in [6.07, 6.45) is 3.44. The van der Waals surface area contributed by atoms with Crippen molar-refractivity contribution in [2.45, 2.75) is 20.4 Å². The van der Waals surface area contributed by atoms with Gasteiger partial charge in [-0.2, -0.15) is 0 Å². The van der Waals surface area contributed by atoms with Crippen LogP contribution in [0.25, 0.3) is 0 Å². The number of aromatic nitrogens is 2. The fourth-order valence-corrected chi connectivity index (χ4v) is 1.16. The molecule has 0 aliphatic rings. The molecule has 0 saturated heterocycles. The number of rotatable bonds is 6. The van der Waals surface area contributed by atoms with Crippen LogP contribution in [0.1, 0.15) is 18.3 Å². The molecule has 5 heteroatoms. The maximum absolute atomic E-state index is 9.09. The Bertz CT molecular complexity index is 310. The first-order valence-corrected chi connectivity index (χ1v) is 5.29. The Labute approximate surface area is 95.6 Å². The third-order valence-corrected chi connectivity index (χ3v) is 2.46. The van der Waals surface area contributed by atoms with Crippen molar-refractivity contribution >= 4 is 0 Å². The van der Waals surface area contributed by atoms with Crippen LogP contribution in [0.4, 0.5) is 0 Å². The number of nitrogens with zero attached hydrogens (tertiary/aromatic N) is 2. The molecule has 1 rings (SSSR count). The number of nitrogens with one attached hydrogen (secondary N) is 1. The molecule has 1 aromatic heterocycles. The van der Waals surface area contributed by atoms with Crippen molar-refractivity contribution in [3.63, 3.8) is 0 Å². The first-order chi connectivity index (χ1) is 7.59. The van der Waals surface area contributed by atoms with Crippen LogP contribution in [0, 0.1) is 12.3 Å². The van der Waals surface area contributed by atoms with E-state index >= 15 is 0 Å². The van der Waals surface area contributed by atoms with Gasteiger partial charge in [0.1, 0.15) is 0 Å². The zero-order valence-electron chi connectivity index (χ0n) is 9.77. The van der Waals surface area contributed by atoms with Crippen LogP contribution in [-0.2, 0) is 6.54 Å². The van der Waals surface area contributed by atoms with Gasteiger partial charge in [-0.15, -0.1) is 0 Å². The minimum Gasteiger partial charge on any atom is -0.396 e. The first kappa shape index (κ1) is 13.0. The number of aliphatic hydroxyl groups is 2.